The lowest BCUT2D eigenvalue weighted by Crippen LogP contribution is -2.56. The van der Waals surface area contributed by atoms with E-state index in [2.05, 4.69) is 60.0 Å². The predicted molar refractivity (Wildman–Crippen MR) is 202 cm³/mol. The van der Waals surface area contributed by atoms with Crippen molar-refractivity contribution in [2.24, 2.45) is 5.92 Å². The summed E-state index contributed by atoms with van der Waals surface area (Å²) in [6.45, 7) is 9.76. The van der Waals surface area contributed by atoms with Crippen molar-refractivity contribution in [2.75, 3.05) is 18.9 Å². The Labute approximate surface area is 307 Å². The number of benzene rings is 2. The summed E-state index contributed by atoms with van der Waals surface area (Å²) in [5.41, 5.74) is 1.33. The van der Waals surface area contributed by atoms with Crippen LogP contribution in [0, 0.1) is 5.92 Å². The summed E-state index contributed by atoms with van der Waals surface area (Å²) in [4.78, 5) is 57.5. The van der Waals surface area contributed by atoms with Gasteiger partial charge in [0.05, 0.1) is 11.4 Å². The van der Waals surface area contributed by atoms with Crippen molar-refractivity contribution in [2.45, 2.75) is 120 Å². The second-order valence-corrected chi connectivity index (χ2v) is 16.6. The molecule has 3 amide bonds. The van der Waals surface area contributed by atoms with E-state index in [-0.39, 0.29) is 30.9 Å². The summed E-state index contributed by atoms with van der Waals surface area (Å²) in [7, 11) is 0. The normalized spacial score (nSPS) is 27.5. The Balaban J connectivity index is 1.55. The number of nitrogens with one attached hydrogen (secondary N) is 2. The highest BCUT2D eigenvalue weighted by molar-refractivity contribution is 8.00. The minimum atomic E-state index is -1.16. The van der Waals surface area contributed by atoms with Gasteiger partial charge in [-0.15, -0.1) is 11.8 Å². The van der Waals surface area contributed by atoms with Gasteiger partial charge in [0.1, 0.15) is 23.2 Å². The van der Waals surface area contributed by atoms with Crippen LogP contribution in [0.25, 0.3) is 11.1 Å². The van der Waals surface area contributed by atoms with Crippen LogP contribution in [0.5, 0.6) is 0 Å². The molecule has 0 radical (unpaired) electrons. The second-order valence-electron chi connectivity index (χ2n) is 15.1. The van der Waals surface area contributed by atoms with E-state index >= 15 is 0 Å². The Morgan fingerprint density at radius 3 is 2.39 bits per heavy atom. The Kier molecular flexibility index (Phi) is 12.6. The van der Waals surface area contributed by atoms with Crippen LogP contribution in [0.2, 0.25) is 0 Å². The fraction of sp³-hybridized carbons (Fsp3) is 0.561. The molecule has 5 rings (SSSR count). The van der Waals surface area contributed by atoms with Crippen molar-refractivity contribution < 1.29 is 28.7 Å². The third-order valence-electron chi connectivity index (χ3n) is 10.0. The highest BCUT2D eigenvalue weighted by Crippen LogP contribution is 2.50. The van der Waals surface area contributed by atoms with E-state index in [1.165, 1.54) is 0 Å². The molecule has 0 bridgehead atoms. The first-order valence-electron chi connectivity index (χ1n) is 18.7. The lowest BCUT2D eigenvalue weighted by molar-refractivity contribution is -0.150. The summed E-state index contributed by atoms with van der Waals surface area (Å²) in [5, 5.41) is 5.98. The lowest BCUT2D eigenvalue weighted by atomic mass is 9.93. The fourth-order valence-electron chi connectivity index (χ4n) is 7.21. The van der Waals surface area contributed by atoms with Crippen molar-refractivity contribution in [3.05, 3.63) is 72.3 Å². The van der Waals surface area contributed by atoms with Crippen LogP contribution in [0.3, 0.4) is 0 Å². The van der Waals surface area contributed by atoms with E-state index in [0.29, 0.717) is 19.3 Å². The zero-order chi connectivity index (χ0) is 36.6. The summed E-state index contributed by atoms with van der Waals surface area (Å²) in [5.74, 6) is -0.459. The van der Waals surface area contributed by atoms with Gasteiger partial charge in [0.25, 0.3) is 0 Å². The fourth-order valence-corrected chi connectivity index (χ4v) is 8.84. The minimum Gasteiger partial charge on any atom is -0.464 e. The van der Waals surface area contributed by atoms with Crippen LogP contribution in [-0.4, -0.2) is 70.9 Å². The van der Waals surface area contributed by atoms with Crippen LogP contribution in [0.4, 0.5) is 4.79 Å². The van der Waals surface area contributed by atoms with Gasteiger partial charge in [-0.05, 0) is 88.7 Å². The Morgan fingerprint density at radius 1 is 0.980 bits per heavy atom. The lowest BCUT2D eigenvalue weighted by Gasteiger charge is -2.32. The number of hydrogen-bond acceptors (Lipinski definition) is 7. The number of alkyl carbamates (subject to hydrolysis) is 1. The molecule has 2 heterocycles. The first-order chi connectivity index (χ1) is 24.4. The van der Waals surface area contributed by atoms with Gasteiger partial charge in [-0.3, -0.25) is 9.59 Å². The van der Waals surface area contributed by atoms with Crippen molar-refractivity contribution in [1.82, 2.24) is 15.5 Å². The number of carbonyl (C=O) groups is 4. The first-order valence-corrected chi connectivity index (χ1v) is 19.7. The summed E-state index contributed by atoms with van der Waals surface area (Å²) < 4.78 is 10.5. The van der Waals surface area contributed by atoms with Gasteiger partial charge in [0.2, 0.25) is 11.8 Å². The Morgan fingerprint density at radius 2 is 1.71 bits per heavy atom. The van der Waals surface area contributed by atoms with Gasteiger partial charge < -0.3 is 25.0 Å². The number of esters is 1. The number of rotatable bonds is 9. The average molecular weight is 718 g/mol. The van der Waals surface area contributed by atoms with Gasteiger partial charge >= 0.3 is 12.1 Å². The maximum Gasteiger partial charge on any atom is 0.408 e. The molecular formula is C41H55N3O6S. The minimum absolute atomic E-state index is 0.174. The van der Waals surface area contributed by atoms with Crippen molar-refractivity contribution in [1.29, 1.82) is 0 Å². The predicted octanol–water partition coefficient (Wildman–Crippen LogP) is 7.53. The maximum atomic E-state index is 14.8. The quantitative estimate of drug-likeness (QED) is 0.157. The smallest absolute Gasteiger partial charge is 0.408 e. The van der Waals surface area contributed by atoms with Gasteiger partial charge in [-0.2, -0.15) is 0 Å². The molecule has 1 saturated heterocycles. The molecule has 0 aromatic heterocycles. The second kappa shape index (κ2) is 16.7. The molecule has 2 aromatic rings. The van der Waals surface area contributed by atoms with E-state index < -0.39 is 40.0 Å². The molecule has 3 aliphatic rings. The average Bonchev–Trinajstić information content (AvgIpc) is 3.65. The third-order valence-corrected chi connectivity index (χ3v) is 11.6. The molecule has 2 N–H and O–H groups in total. The molecule has 1 saturated carbocycles. The Bertz CT molecular complexity index is 1560. The number of ether oxygens (including phenoxy) is 2. The number of unbranched alkanes of at least 4 members (excludes halogenated alkanes) is 1. The van der Waals surface area contributed by atoms with Crippen LogP contribution in [0.1, 0.15) is 98.0 Å². The van der Waals surface area contributed by atoms with E-state index in [9.17, 15) is 19.2 Å². The van der Waals surface area contributed by atoms with Crippen molar-refractivity contribution in [3.63, 3.8) is 0 Å². The summed E-state index contributed by atoms with van der Waals surface area (Å²) in [6, 6.07) is 16.9. The van der Waals surface area contributed by atoms with Crippen molar-refractivity contribution >= 4 is 35.6 Å². The molecule has 2 aromatic carbocycles. The molecule has 1 aliphatic carbocycles. The molecule has 51 heavy (non-hydrogen) atoms. The number of carbonyl (C=O) groups excluding carboxylic acids is 4. The largest absolute Gasteiger partial charge is 0.464 e. The Hall–Kier alpha value is -3.79. The zero-order valence-corrected chi connectivity index (χ0v) is 31.7. The van der Waals surface area contributed by atoms with Gasteiger partial charge in [0.15, 0.2) is 0 Å². The summed E-state index contributed by atoms with van der Waals surface area (Å²) >= 11 is 1.78. The number of hydrogen-bond donors (Lipinski definition) is 2. The van der Waals surface area contributed by atoms with Crippen LogP contribution < -0.4 is 10.6 Å². The number of allylic oxidation sites excluding steroid dienone is 1. The molecule has 2 fully saturated rings. The summed E-state index contributed by atoms with van der Waals surface area (Å²) in [6.07, 6.45) is 9.99. The molecule has 9 nitrogen and oxygen atoms in total. The van der Waals surface area contributed by atoms with Crippen LogP contribution in [0.15, 0.2) is 66.7 Å². The van der Waals surface area contributed by atoms with Crippen LogP contribution in [-0.2, 0) is 28.6 Å². The van der Waals surface area contributed by atoms with E-state index in [1.54, 1.807) is 44.4 Å². The number of thioether (sulfide) groups is 1. The van der Waals surface area contributed by atoms with E-state index in [0.717, 1.165) is 61.0 Å². The molecule has 276 valence electrons. The molecule has 0 unspecified atom stereocenters. The molecular weight excluding hydrogens is 663 g/mol. The van der Waals surface area contributed by atoms with Gasteiger partial charge in [-0.25, -0.2) is 9.59 Å². The third kappa shape index (κ3) is 9.36. The topological polar surface area (TPSA) is 114 Å². The van der Waals surface area contributed by atoms with Crippen molar-refractivity contribution in [3.8, 4) is 11.1 Å². The van der Waals surface area contributed by atoms with E-state index in [1.807, 2.05) is 24.3 Å². The van der Waals surface area contributed by atoms with Crippen LogP contribution >= 0.6 is 11.8 Å². The number of nitrogens with zero attached hydrogens (tertiary/aromatic N) is 1. The molecule has 2 aliphatic heterocycles. The van der Waals surface area contributed by atoms with Gasteiger partial charge in [-0.1, -0.05) is 92.9 Å². The standard InChI is InChI=1S/C41H55N3O6S/c1-6-8-25-51-40(31-23-21-30(22-24-31)29-17-13-12-14-18-29)27-34-35(45)43-41(37(47)49-7-2)26-32(41)19-15-10-9-11-16-20-33(36(46)44(34)28-40)42-38(48)50-39(3,4)5/h12-15,17-19,21-24,32-34H,6-11,16,20,25-28H2,1-5H3,(H,42,48)(H,43,45)/b19-15-/t32-,33+,34+,40+,41-/m1/s1. The zero-order valence-electron chi connectivity index (χ0n) is 30.9. The monoisotopic (exact) mass is 717 g/mol. The molecule has 5 atom stereocenters. The number of fused-ring (bicyclic) bond motifs is 2. The van der Waals surface area contributed by atoms with Gasteiger partial charge in [0, 0.05) is 12.5 Å². The molecule has 0 spiro atoms. The highest BCUT2D eigenvalue weighted by atomic mass is 32.2. The van der Waals surface area contributed by atoms with E-state index in [4.69, 9.17) is 9.47 Å². The molecule has 10 heteroatoms. The highest BCUT2D eigenvalue weighted by Gasteiger charge is 2.63. The number of amides is 3. The SMILES string of the molecule is CCCCS[C@@]1(c2ccc(-c3ccccc3)cc2)C[C@H]2C(=O)N[C@]3(C(=O)OCC)C[C@H]3/C=C\CCCCC[C@H](NC(=O)OC(C)(C)C)C(=O)N2C1. The first kappa shape index (κ1) is 38.4. The maximum absolute atomic E-state index is 14.8.